The van der Waals surface area contributed by atoms with E-state index in [1.807, 2.05) is 27.8 Å². The van der Waals surface area contributed by atoms with E-state index in [2.05, 4.69) is 11.9 Å². The number of carbonyl (C=O) groups is 1. The Morgan fingerprint density at radius 3 is 3.05 bits per heavy atom. The molecule has 100 valence electrons. The standard InChI is InChI=1S/C14H16N2OS2/c1-10-5-2-3-7-16(10)14(17)11-9-19-13(15-11)12-6-4-8-18-12/h4,6,8-10H,2-3,5,7H2,1H3. The Morgan fingerprint density at radius 1 is 1.42 bits per heavy atom. The lowest BCUT2D eigenvalue weighted by molar-refractivity contribution is 0.0630. The monoisotopic (exact) mass is 292 g/mol. The smallest absolute Gasteiger partial charge is 0.273 e. The molecule has 0 N–H and O–H groups in total. The predicted molar refractivity (Wildman–Crippen MR) is 79.8 cm³/mol. The molecule has 0 aromatic carbocycles. The summed E-state index contributed by atoms with van der Waals surface area (Å²) < 4.78 is 0. The number of piperidine rings is 1. The quantitative estimate of drug-likeness (QED) is 0.841. The van der Waals surface area contributed by atoms with Crippen LogP contribution in [0.15, 0.2) is 22.9 Å². The highest BCUT2D eigenvalue weighted by Crippen LogP contribution is 2.29. The highest BCUT2D eigenvalue weighted by Gasteiger charge is 2.25. The number of hydrogen-bond acceptors (Lipinski definition) is 4. The third-order valence-corrected chi connectivity index (χ3v) is 5.40. The van der Waals surface area contributed by atoms with E-state index in [1.165, 1.54) is 6.42 Å². The van der Waals surface area contributed by atoms with E-state index in [4.69, 9.17) is 0 Å². The highest BCUT2D eigenvalue weighted by atomic mass is 32.1. The van der Waals surface area contributed by atoms with E-state index in [1.54, 1.807) is 22.7 Å². The zero-order valence-electron chi connectivity index (χ0n) is 10.8. The molecule has 0 saturated carbocycles. The Bertz CT molecular complexity index is 562. The summed E-state index contributed by atoms with van der Waals surface area (Å²) in [6.45, 7) is 3.00. The summed E-state index contributed by atoms with van der Waals surface area (Å²) in [6.07, 6.45) is 3.44. The SMILES string of the molecule is CC1CCCCN1C(=O)c1csc(-c2cccs2)n1. The number of hydrogen-bond donors (Lipinski definition) is 0. The van der Waals surface area contributed by atoms with Crippen LogP contribution in [0.25, 0.3) is 9.88 Å². The van der Waals surface area contributed by atoms with Gasteiger partial charge in [-0.25, -0.2) is 4.98 Å². The third-order valence-electron chi connectivity index (χ3n) is 3.52. The molecule has 1 aliphatic heterocycles. The van der Waals surface area contributed by atoms with Gasteiger partial charge in [0.25, 0.3) is 5.91 Å². The first-order valence-corrected chi connectivity index (χ1v) is 8.32. The second-order valence-corrected chi connectivity index (χ2v) is 6.66. The van der Waals surface area contributed by atoms with Crippen molar-refractivity contribution in [2.24, 2.45) is 0 Å². The zero-order valence-corrected chi connectivity index (χ0v) is 12.5. The molecule has 2 aromatic heterocycles. The molecule has 0 spiro atoms. The summed E-state index contributed by atoms with van der Waals surface area (Å²) in [5, 5.41) is 4.87. The number of nitrogens with zero attached hydrogens (tertiary/aromatic N) is 2. The van der Waals surface area contributed by atoms with E-state index in [9.17, 15) is 4.79 Å². The Labute approximate surface area is 120 Å². The van der Waals surface area contributed by atoms with Gasteiger partial charge >= 0.3 is 0 Å². The first-order chi connectivity index (χ1) is 9.25. The van der Waals surface area contributed by atoms with Crippen molar-refractivity contribution in [2.45, 2.75) is 32.2 Å². The van der Waals surface area contributed by atoms with Crippen LogP contribution in [-0.2, 0) is 0 Å². The average Bonchev–Trinajstić information content (AvgIpc) is 3.09. The molecule has 1 amide bonds. The minimum atomic E-state index is 0.0891. The van der Waals surface area contributed by atoms with Crippen molar-refractivity contribution in [1.82, 2.24) is 9.88 Å². The summed E-state index contributed by atoms with van der Waals surface area (Å²) in [4.78, 5) is 20.1. The van der Waals surface area contributed by atoms with Crippen LogP contribution in [0.3, 0.4) is 0 Å². The van der Waals surface area contributed by atoms with Crippen molar-refractivity contribution in [3.8, 4) is 9.88 Å². The summed E-state index contributed by atoms with van der Waals surface area (Å²) >= 11 is 3.21. The van der Waals surface area contributed by atoms with Crippen molar-refractivity contribution in [2.75, 3.05) is 6.54 Å². The molecule has 1 unspecified atom stereocenters. The number of aromatic nitrogens is 1. The van der Waals surface area contributed by atoms with Gasteiger partial charge in [-0.3, -0.25) is 4.79 Å². The van der Waals surface area contributed by atoms with Gasteiger partial charge in [-0.05, 0) is 37.6 Å². The lowest BCUT2D eigenvalue weighted by Gasteiger charge is -2.32. The van der Waals surface area contributed by atoms with Gasteiger partial charge in [0.05, 0.1) is 4.88 Å². The Morgan fingerprint density at radius 2 is 2.32 bits per heavy atom. The molecule has 1 fully saturated rings. The van der Waals surface area contributed by atoms with Crippen LogP contribution in [0, 0.1) is 0 Å². The van der Waals surface area contributed by atoms with Crippen LogP contribution in [0.2, 0.25) is 0 Å². The molecular weight excluding hydrogens is 276 g/mol. The molecule has 1 saturated heterocycles. The maximum absolute atomic E-state index is 12.5. The Balaban J connectivity index is 1.80. The molecule has 0 aliphatic carbocycles. The topological polar surface area (TPSA) is 33.2 Å². The van der Waals surface area contributed by atoms with E-state index in [-0.39, 0.29) is 5.91 Å². The molecule has 2 aromatic rings. The first-order valence-electron chi connectivity index (χ1n) is 6.56. The summed E-state index contributed by atoms with van der Waals surface area (Å²) in [5.41, 5.74) is 0.599. The van der Waals surface area contributed by atoms with Crippen LogP contribution in [-0.4, -0.2) is 28.4 Å². The maximum Gasteiger partial charge on any atom is 0.273 e. The van der Waals surface area contributed by atoms with Gasteiger partial charge < -0.3 is 4.90 Å². The first kappa shape index (κ1) is 12.8. The van der Waals surface area contributed by atoms with Crippen LogP contribution < -0.4 is 0 Å². The zero-order chi connectivity index (χ0) is 13.2. The molecule has 3 nitrogen and oxygen atoms in total. The highest BCUT2D eigenvalue weighted by molar-refractivity contribution is 7.20. The van der Waals surface area contributed by atoms with Crippen LogP contribution in [0.1, 0.15) is 36.7 Å². The third kappa shape index (κ3) is 2.58. The maximum atomic E-state index is 12.5. The summed E-state index contributed by atoms with van der Waals surface area (Å²) in [5.74, 6) is 0.0891. The fraction of sp³-hybridized carbons (Fsp3) is 0.429. The Kier molecular flexibility index (Phi) is 3.66. The molecule has 1 atom stereocenters. The molecule has 19 heavy (non-hydrogen) atoms. The van der Waals surface area contributed by atoms with E-state index in [0.717, 1.165) is 29.3 Å². The normalized spacial score (nSPS) is 19.6. The molecule has 1 aliphatic rings. The fourth-order valence-electron chi connectivity index (χ4n) is 2.43. The second-order valence-electron chi connectivity index (χ2n) is 4.86. The van der Waals surface area contributed by atoms with Crippen molar-refractivity contribution in [1.29, 1.82) is 0 Å². The lowest BCUT2D eigenvalue weighted by atomic mass is 10.0. The van der Waals surface area contributed by atoms with E-state index in [0.29, 0.717) is 11.7 Å². The molecule has 0 bridgehead atoms. The fourth-order valence-corrected chi connectivity index (χ4v) is 4.04. The van der Waals surface area contributed by atoms with Gasteiger partial charge in [-0.2, -0.15) is 0 Å². The van der Waals surface area contributed by atoms with Crippen LogP contribution >= 0.6 is 22.7 Å². The van der Waals surface area contributed by atoms with Crippen molar-refractivity contribution >= 4 is 28.6 Å². The molecule has 3 rings (SSSR count). The summed E-state index contributed by atoms with van der Waals surface area (Å²) in [7, 11) is 0. The molecule has 0 radical (unpaired) electrons. The number of amides is 1. The molecule has 3 heterocycles. The molecule has 5 heteroatoms. The number of thiophene rings is 1. The van der Waals surface area contributed by atoms with Gasteiger partial charge in [-0.1, -0.05) is 6.07 Å². The van der Waals surface area contributed by atoms with E-state index >= 15 is 0 Å². The van der Waals surface area contributed by atoms with Crippen LogP contribution in [0.4, 0.5) is 0 Å². The second kappa shape index (κ2) is 5.43. The Hall–Kier alpha value is -1.20. The van der Waals surface area contributed by atoms with Gasteiger partial charge in [0.15, 0.2) is 0 Å². The average molecular weight is 292 g/mol. The van der Waals surface area contributed by atoms with Crippen molar-refractivity contribution < 1.29 is 4.79 Å². The number of rotatable bonds is 2. The largest absolute Gasteiger partial charge is 0.335 e. The molecular formula is C14H16N2OS2. The number of carbonyl (C=O) groups excluding carboxylic acids is 1. The van der Waals surface area contributed by atoms with Crippen LogP contribution in [0.5, 0.6) is 0 Å². The van der Waals surface area contributed by atoms with Gasteiger partial charge in [0.1, 0.15) is 10.7 Å². The van der Waals surface area contributed by atoms with Crippen molar-refractivity contribution in [3.63, 3.8) is 0 Å². The summed E-state index contributed by atoms with van der Waals surface area (Å²) in [6, 6.07) is 4.39. The van der Waals surface area contributed by atoms with Crippen molar-refractivity contribution in [3.05, 3.63) is 28.6 Å². The van der Waals surface area contributed by atoms with Gasteiger partial charge in [0, 0.05) is 18.0 Å². The minimum Gasteiger partial charge on any atom is -0.335 e. The number of likely N-dealkylation sites (tertiary alicyclic amines) is 1. The minimum absolute atomic E-state index is 0.0891. The number of thiazole rings is 1. The van der Waals surface area contributed by atoms with Gasteiger partial charge in [0.2, 0.25) is 0 Å². The lowest BCUT2D eigenvalue weighted by Crippen LogP contribution is -2.42. The van der Waals surface area contributed by atoms with E-state index < -0.39 is 0 Å². The van der Waals surface area contributed by atoms with Gasteiger partial charge in [-0.15, -0.1) is 22.7 Å². The predicted octanol–water partition coefficient (Wildman–Crippen LogP) is 3.89.